The number of benzene rings is 1. The predicted molar refractivity (Wildman–Crippen MR) is 81.9 cm³/mol. The summed E-state index contributed by atoms with van der Waals surface area (Å²) in [7, 11) is 0. The molecule has 5 nitrogen and oxygen atoms in total. The zero-order valence-electron chi connectivity index (χ0n) is 12.1. The highest BCUT2D eigenvalue weighted by atomic mass is 79.9. The molecule has 0 heterocycles. The zero-order valence-corrected chi connectivity index (χ0v) is 13.7. The van der Waals surface area contributed by atoms with Crippen molar-refractivity contribution in [2.45, 2.75) is 39.2 Å². The van der Waals surface area contributed by atoms with E-state index in [0.29, 0.717) is 11.3 Å². The topological polar surface area (TPSA) is 78.4 Å². The van der Waals surface area contributed by atoms with Gasteiger partial charge in [0, 0.05) is 5.69 Å². The lowest BCUT2D eigenvalue weighted by molar-refractivity contribution is -0.144. The van der Waals surface area contributed by atoms with E-state index in [4.69, 9.17) is 0 Å². The van der Waals surface area contributed by atoms with Crippen LogP contribution in [0.3, 0.4) is 0 Å². The van der Waals surface area contributed by atoms with Gasteiger partial charge < -0.3 is 15.7 Å². The zero-order chi connectivity index (χ0) is 16.2. The lowest BCUT2D eigenvalue weighted by atomic mass is 9.93. The molecule has 0 fully saturated rings. The van der Waals surface area contributed by atoms with Gasteiger partial charge >= 0.3 is 12.0 Å². The Bertz CT molecular complexity index is 559. The largest absolute Gasteiger partial charge is 0.480 e. The highest BCUT2D eigenvalue weighted by Crippen LogP contribution is 2.24. The molecule has 116 valence electrons. The molecule has 0 bridgehead atoms. The Morgan fingerprint density at radius 2 is 1.90 bits per heavy atom. The summed E-state index contributed by atoms with van der Waals surface area (Å²) in [4.78, 5) is 23.3. The third-order valence-electron chi connectivity index (χ3n) is 3.48. The monoisotopic (exact) mass is 360 g/mol. The van der Waals surface area contributed by atoms with E-state index >= 15 is 0 Å². The van der Waals surface area contributed by atoms with Crippen LogP contribution < -0.4 is 10.6 Å². The molecule has 0 spiro atoms. The van der Waals surface area contributed by atoms with E-state index in [1.54, 1.807) is 20.8 Å². The van der Waals surface area contributed by atoms with Gasteiger partial charge in [-0.15, -0.1) is 0 Å². The van der Waals surface area contributed by atoms with Crippen LogP contribution in [-0.2, 0) is 4.79 Å². The van der Waals surface area contributed by atoms with Gasteiger partial charge in [-0.05, 0) is 53.4 Å². The summed E-state index contributed by atoms with van der Waals surface area (Å²) in [6.07, 6.45) is 0.524. The molecule has 0 aromatic heterocycles. The van der Waals surface area contributed by atoms with E-state index < -0.39 is 23.4 Å². The predicted octanol–water partition coefficient (Wildman–Crippen LogP) is 3.66. The van der Waals surface area contributed by atoms with Crippen molar-refractivity contribution in [1.82, 2.24) is 5.32 Å². The molecule has 0 aliphatic carbocycles. The molecule has 1 rings (SSSR count). The minimum absolute atomic E-state index is 0.221. The molecule has 0 atom stereocenters. The van der Waals surface area contributed by atoms with E-state index in [0.717, 1.165) is 0 Å². The fourth-order valence-corrected chi connectivity index (χ4v) is 2.28. The maximum absolute atomic E-state index is 13.3. The van der Waals surface area contributed by atoms with Gasteiger partial charge in [0.05, 0.1) is 4.47 Å². The Labute approximate surface area is 131 Å². The minimum Gasteiger partial charge on any atom is -0.480 e. The van der Waals surface area contributed by atoms with Crippen molar-refractivity contribution < 1.29 is 19.1 Å². The highest BCUT2D eigenvalue weighted by molar-refractivity contribution is 9.10. The first-order valence-electron chi connectivity index (χ1n) is 6.54. The number of aryl methyl sites for hydroxylation is 1. The molecule has 0 aliphatic heterocycles. The molecule has 21 heavy (non-hydrogen) atoms. The summed E-state index contributed by atoms with van der Waals surface area (Å²) in [5.74, 6) is -1.51. The number of halogens is 2. The van der Waals surface area contributed by atoms with Crippen LogP contribution >= 0.6 is 15.9 Å². The molecule has 1 aromatic rings. The lowest BCUT2D eigenvalue weighted by Gasteiger charge is -2.28. The number of hydrogen-bond donors (Lipinski definition) is 3. The number of carboxylic acid groups (broad SMARTS) is 1. The van der Waals surface area contributed by atoms with Crippen LogP contribution in [0.4, 0.5) is 14.9 Å². The number of anilines is 1. The second-order valence-electron chi connectivity index (χ2n) is 4.75. The Balaban J connectivity index is 2.92. The van der Waals surface area contributed by atoms with Crippen molar-refractivity contribution in [2.24, 2.45) is 0 Å². The van der Waals surface area contributed by atoms with Gasteiger partial charge in [-0.1, -0.05) is 13.8 Å². The Kier molecular flexibility index (Phi) is 5.71. The first kappa shape index (κ1) is 17.4. The normalized spacial score (nSPS) is 11.1. The third kappa shape index (κ3) is 3.93. The van der Waals surface area contributed by atoms with E-state index in [-0.39, 0.29) is 17.3 Å². The molecule has 2 amide bonds. The summed E-state index contributed by atoms with van der Waals surface area (Å²) in [5.41, 5.74) is -0.359. The number of aliphatic carboxylic acids is 1. The quantitative estimate of drug-likeness (QED) is 0.749. The number of rotatable bonds is 5. The number of amides is 2. The molecule has 0 saturated carbocycles. The average Bonchev–Trinajstić information content (AvgIpc) is 2.42. The van der Waals surface area contributed by atoms with Gasteiger partial charge in [0.15, 0.2) is 0 Å². The maximum Gasteiger partial charge on any atom is 0.329 e. The van der Waals surface area contributed by atoms with Gasteiger partial charge in [-0.3, -0.25) is 0 Å². The number of urea groups is 1. The van der Waals surface area contributed by atoms with Crippen LogP contribution in [0.2, 0.25) is 0 Å². The second kappa shape index (κ2) is 6.89. The summed E-state index contributed by atoms with van der Waals surface area (Å²) >= 11 is 3.04. The first-order valence-corrected chi connectivity index (χ1v) is 7.33. The van der Waals surface area contributed by atoms with E-state index in [2.05, 4.69) is 26.6 Å². The number of carbonyl (C=O) groups excluding carboxylic acids is 1. The summed E-state index contributed by atoms with van der Waals surface area (Å²) in [5, 5.41) is 14.3. The lowest BCUT2D eigenvalue weighted by Crippen LogP contribution is -2.55. The van der Waals surface area contributed by atoms with Gasteiger partial charge in [0.1, 0.15) is 11.4 Å². The van der Waals surface area contributed by atoms with Crippen molar-refractivity contribution in [1.29, 1.82) is 0 Å². The number of carbonyl (C=O) groups is 2. The fourth-order valence-electron chi connectivity index (χ4n) is 1.93. The van der Waals surface area contributed by atoms with Gasteiger partial charge in [-0.25, -0.2) is 14.0 Å². The van der Waals surface area contributed by atoms with Crippen molar-refractivity contribution >= 4 is 33.6 Å². The Morgan fingerprint density at radius 1 is 1.33 bits per heavy atom. The van der Waals surface area contributed by atoms with Crippen molar-refractivity contribution in [3.63, 3.8) is 0 Å². The molecule has 0 aliphatic rings. The second-order valence-corrected chi connectivity index (χ2v) is 5.61. The minimum atomic E-state index is -1.31. The van der Waals surface area contributed by atoms with Crippen LogP contribution in [-0.4, -0.2) is 22.6 Å². The van der Waals surface area contributed by atoms with Crippen molar-refractivity contribution in [3.8, 4) is 0 Å². The van der Waals surface area contributed by atoms with E-state index in [9.17, 15) is 19.1 Å². The molecule has 0 saturated heterocycles. The molecule has 1 aromatic carbocycles. The standard InChI is InChI=1S/C14H18BrFN2O3/c1-4-14(5-2,12(19)20)18-13(21)17-11-7-9(15)10(16)6-8(11)3/h6-7H,4-5H2,1-3H3,(H,19,20)(H2,17,18,21). The fraction of sp³-hybridized carbons (Fsp3) is 0.429. The number of carboxylic acids is 1. The van der Waals surface area contributed by atoms with Crippen LogP contribution in [0, 0.1) is 12.7 Å². The average molecular weight is 361 g/mol. The smallest absolute Gasteiger partial charge is 0.329 e. The van der Waals surface area contributed by atoms with E-state index in [1.165, 1.54) is 12.1 Å². The maximum atomic E-state index is 13.3. The molecule has 3 N–H and O–H groups in total. The van der Waals surface area contributed by atoms with Gasteiger partial charge in [-0.2, -0.15) is 0 Å². The summed E-state index contributed by atoms with van der Waals surface area (Å²) in [6.45, 7) is 5.03. The molecular weight excluding hydrogens is 343 g/mol. The summed E-state index contributed by atoms with van der Waals surface area (Å²) < 4.78 is 13.6. The number of nitrogens with one attached hydrogen (secondary N) is 2. The summed E-state index contributed by atoms with van der Waals surface area (Å²) in [6, 6.07) is 2.08. The van der Waals surface area contributed by atoms with Crippen molar-refractivity contribution in [2.75, 3.05) is 5.32 Å². The van der Waals surface area contributed by atoms with E-state index in [1.807, 2.05) is 0 Å². The van der Waals surface area contributed by atoms with Crippen LogP contribution in [0.15, 0.2) is 16.6 Å². The highest BCUT2D eigenvalue weighted by Gasteiger charge is 2.36. The molecular formula is C14H18BrFN2O3. The van der Waals surface area contributed by atoms with Gasteiger partial charge in [0.25, 0.3) is 0 Å². The Hall–Kier alpha value is -1.63. The third-order valence-corrected chi connectivity index (χ3v) is 4.09. The van der Waals surface area contributed by atoms with Gasteiger partial charge in [0.2, 0.25) is 0 Å². The molecule has 0 unspecified atom stereocenters. The molecule has 7 heteroatoms. The van der Waals surface area contributed by atoms with Crippen LogP contribution in [0.5, 0.6) is 0 Å². The van der Waals surface area contributed by atoms with Crippen molar-refractivity contribution in [3.05, 3.63) is 28.0 Å². The first-order chi connectivity index (χ1) is 9.75. The molecule has 0 radical (unpaired) electrons. The SMILES string of the molecule is CCC(CC)(NC(=O)Nc1cc(Br)c(F)cc1C)C(=O)O. The van der Waals surface area contributed by atoms with Crippen LogP contribution in [0.1, 0.15) is 32.3 Å². The number of hydrogen-bond acceptors (Lipinski definition) is 2. The van der Waals surface area contributed by atoms with Crippen LogP contribution in [0.25, 0.3) is 0 Å². The Morgan fingerprint density at radius 3 is 2.38 bits per heavy atom.